The van der Waals surface area contributed by atoms with Crippen molar-refractivity contribution in [1.29, 1.82) is 0 Å². The highest BCUT2D eigenvalue weighted by Crippen LogP contribution is 2.19. The highest BCUT2D eigenvalue weighted by molar-refractivity contribution is 7.93. The van der Waals surface area contributed by atoms with Crippen LogP contribution in [0.15, 0.2) is 22.9 Å². The maximum absolute atomic E-state index is 12.5. The van der Waals surface area contributed by atoms with Crippen molar-refractivity contribution in [3.63, 3.8) is 0 Å². The van der Waals surface area contributed by atoms with Gasteiger partial charge in [0.15, 0.2) is 0 Å². The molecule has 0 unspecified atom stereocenters. The van der Waals surface area contributed by atoms with E-state index in [0.717, 1.165) is 6.08 Å². The van der Waals surface area contributed by atoms with Crippen LogP contribution in [0.4, 0.5) is 4.39 Å². The fourth-order valence-electron chi connectivity index (χ4n) is 0.836. The van der Waals surface area contributed by atoms with Gasteiger partial charge in [-0.15, -0.1) is 0 Å². The van der Waals surface area contributed by atoms with Gasteiger partial charge < -0.3 is 0 Å². The number of halogens is 1. The van der Waals surface area contributed by atoms with Crippen LogP contribution < -0.4 is 5.14 Å². The van der Waals surface area contributed by atoms with Gasteiger partial charge in [0.2, 0.25) is 10.0 Å². The molecule has 1 aliphatic carbocycles. The Bertz CT molecular complexity index is 315. The first kappa shape index (κ1) is 8.42. The zero-order valence-electron chi connectivity index (χ0n) is 5.75. The maximum Gasteiger partial charge on any atom is 0.237 e. The molecule has 0 fully saturated rings. The van der Waals surface area contributed by atoms with Gasteiger partial charge in [-0.25, -0.2) is 17.9 Å². The zero-order chi connectivity index (χ0) is 8.48. The highest BCUT2D eigenvalue weighted by atomic mass is 32.2. The molecular weight excluding hydrogens is 169 g/mol. The summed E-state index contributed by atoms with van der Waals surface area (Å²) in [4.78, 5) is -0.124. The molecule has 0 amide bonds. The van der Waals surface area contributed by atoms with Crippen molar-refractivity contribution < 1.29 is 12.8 Å². The fourth-order valence-corrected chi connectivity index (χ4v) is 1.48. The SMILES string of the molecule is NS(=O)(=O)C1=CCCC(F)=C1. The van der Waals surface area contributed by atoms with Crippen LogP contribution in [-0.2, 0) is 10.0 Å². The topological polar surface area (TPSA) is 60.2 Å². The summed E-state index contributed by atoms with van der Waals surface area (Å²) in [7, 11) is -3.71. The molecule has 0 radical (unpaired) electrons. The van der Waals surface area contributed by atoms with Gasteiger partial charge in [0.1, 0.15) is 5.83 Å². The predicted octanol–water partition coefficient (Wildman–Crippen LogP) is 0.806. The van der Waals surface area contributed by atoms with E-state index >= 15 is 0 Å². The van der Waals surface area contributed by atoms with Gasteiger partial charge in [0.05, 0.1) is 4.91 Å². The normalized spacial score (nSPS) is 19.1. The van der Waals surface area contributed by atoms with E-state index in [1.54, 1.807) is 0 Å². The van der Waals surface area contributed by atoms with E-state index in [4.69, 9.17) is 5.14 Å². The molecule has 5 heteroatoms. The average molecular weight is 177 g/mol. The second-order valence-electron chi connectivity index (χ2n) is 2.28. The Labute approximate surface area is 64.4 Å². The van der Waals surface area contributed by atoms with Gasteiger partial charge >= 0.3 is 0 Å². The van der Waals surface area contributed by atoms with Crippen molar-refractivity contribution in [2.24, 2.45) is 5.14 Å². The predicted molar refractivity (Wildman–Crippen MR) is 39.6 cm³/mol. The monoisotopic (exact) mass is 177 g/mol. The van der Waals surface area contributed by atoms with Crippen LogP contribution in [0.5, 0.6) is 0 Å². The van der Waals surface area contributed by atoms with Gasteiger partial charge in [-0.1, -0.05) is 6.08 Å². The first-order chi connectivity index (χ1) is 5.00. The summed E-state index contributed by atoms with van der Waals surface area (Å²) in [5.74, 6) is -0.434. The van der Waals surface area contributed by atoms with Crippen LogP contribution >= 0.6 is 0 Å². The number of nitrogens with two attached hydrogens (primary N) is 1. The zero-order valence-corrected chi connectivity index (χ0v) is 6.57. The van der Waals surface area contributed by atoms with Crippen LogP contribution in [-0.4, -0.2) is 8.42 Å². The number of sulfonamides is 1. The molecule has 0 aliphatic heterocycles. The molecule has 0 atom stereocenters. The van der Waals surface area contributed by atoms with Crippen molar-refractivity contribution in [2.45, 2.75) is 12.8 Å². The molecule has 0 aromatic rings. The molecule has 0 aromatic heterocycles. The van der Waals surface area contributed by atoms with Crippen LogP contribution in [0.3, 0.4) is 0 Å². The van der Waals surface area contributed by atoms with Crippen molar-refractivity contribution >= 4 is 10.0 Å². The second-order valence-corrected chi connectivity index (χ2v) is 3.84. The number of allylic oxidation sites excluding steroid dienone is 3. The fraction of sp³-hybridized carbons (Fsp3) is 0.333. The Balaban J connectivity index is 3.01. The molecule has 2 N–H and O–H groups in total. The van der Waals surface area contributed by atoms with E-state index in [1.165, 1.54) is 6.08 Å². The van der Waals surface area contributed by atoms with Crippen LogP contribution in [0.1, 0.15) is 12.8 Å². The minimum Gasteiger partial charge on any atom is -0.225 e. The third kappa shape index (κ3) is 2.13. The van der Waals surface area contributed by atoms with Gasteiger partial charge in [0, 0.05) is 6.42 Å². The molecule has 0 saturated carbocycles. The Morgan fingerprint density at radius 2 is 2.18 bits per heavy atom. The number of rotatable bonds is 1. The van der Waals surface area contributed by atoms with E-state index in [-0.39, 0.29) is 11.3 Å². The lowest BCUT2D eigenvalue weighted by molar-refractivity contribution is 0.581. The third-order valence-electron chi connectivity index (χ3n) is 1.36. The van der Waals surface area contributed by atoms with E-state index in [1.807, 2.05) is 0 Å². The van der Waals surface area contributed by atoms with E-state index in [2.05, 4.69) is 0 Å². The summed E-state index contributed by atoms with van der Waals surface area (Å²) >= 11 is 0. The number of hydrogen-bond acceptors (Lipinski definition) is 2. The van der Waals surface area contributed by atoms with E-state index in [0.29, 0.717) is 6.42 Å². The lowest BCUT2D eigenvalue weighted by atomic mass is 10.2. The quantitative estimate of drug-likeness (QED) is 0.644. The second kappa shape index (κ2) is 2.75. The molecule has 0 aromatic carbocycles. The standard InChI is InChI=1S/C6H8FNO2S/c7-5-2-1-3-6(4-5)11(8,9)10/h3-4H,1-2H2,(H2,8,9,10). The summed E-state index contributed by atoms with van der Waals surface area (Å²) in [6.45, 7) is 0. The molecule has 0 bridgehead atoms. The van der Waals surface area contributed by atoms with Gasteiger partial charge in [-0.3, -0.25) is 0 Å². The van der Waals surface area contributed by atoms with E-state index < -0.39 is 15.9 Å². The summed E-state index contributed by atoms with van der Waals surface area (Å²) in [5.41, 5.74) is 0. The summed E-state index contributed by atoms with van der Waals surface area (Å²) in [6.07, 6.45) is 3.03. The molecule has 0 spiro atoms. The number of hydrogen-bond donors (Lipinski definition) is 1. The molecule has 1 aliphatic rings. The minimum absolute atomic E-state index is 0.124. The average Bonchev–Trinajstić information content (AvgIpc) is 1.86. The largest absolute Gasteiger partial charge is 0.237 e. The van der Waals surface area contributed by atoms with Crippen LogP contribution in [0, 0.1) is 0 Å². The van der Waals surface area contributed by atoms with Crippen LogP contribution in [0.25, 0.3) is 0 Å². The minimum atomic E-state index is -3.71. The summed E-state index contributed by atoms with van der Waals surface area (Å²) < 4.78 is 33.7. The van der Waals surface area contributed by atoms with Gasteiger partial charge in [-0.2, -0.15) is 0 Å². The van der Waals surface area contributed by atoms with Crippen molar-refractivity contribution in [1.82, 2.24) is 0 Å². The summed E-state index contributed by atoms with van der Waals surface area (Å²) in [6, 6.07) is 0. The summed E-state index contributed by atoms with van der Waals surface area (Å²) in [5, 5.41) is 4.77. The van der Waals surface area contributed by atoms with Crippen molar-refractivity contribution in [3.8, 4) is 0 Å². The molecule has 0 saturated heterocycles. The molecule has 0 heterocycles. The number of primary sulfonamides is 1. The maximum atomic E-state index is 12.5. The highest BCUT2D eigenvalue weighted by Gasteiger charge is 2.13. The molecule has 11 heavy (non-hydrogen) atoms. The van der Waals surface area contributed by atoms with E-state index in [9.17, 15) is 12.8 Å². The molecular formula is C6H8FNO2S. The Hall–Kier alpha value is -0.680. The first-order valence-corrected chi connectivity index (χ1v) is 4.64. The van der Waals surface area contributed by atoms with Gasteiger partial charge in [-0.05, 0) is 12.5 Å². The lowest BCUT2D eigenvalue weighted by Gasteiger charge is -2.04. The smallest absolute Gasteiger partial charge is 0.225 e. The Kier molecular flexibility index (Phi) is 2.10. The molecule has 62 valence electrons. The Morgan fingerprint density at radius 1 is 1.55 bits per heavy atom. The lowest BCUT2D eigenvalue weighted by Crippen LogP contribution is -2.14. The third-order valence-corrected chi connectivity index (χ3v) is 2.30. The Morgan fingerprint density at radius 3 is 2.55 bits per heavy atom. The first-order valence-electron chi connectivity index (χ1n) is 3.09. The molecule has 3 nitrogen and oxygen atoms in total. The van der Waals surface area contributed by atoms with Crippen molar-refractivity contribution in [3.05, 3.63) is 22.9 Å². The van der Waals surface area contributed by atoms with Crippen molar-refractivity contribution in [2.75, 3.05) is 0 Å². The molecule has 1 rings (SSSR count). The van der Waals surface area contributed by atoms with Gasteiger partial charge in [0.25, 0.3) is 0 Å². The van der Waals surface area contributed by atoms with Crippen LogP contribution in [0.2, 0.25) is 0 Å².